The molecule has 1 N–H and O–H groups in total. The Morgan fingerprint density at radius 1 is 0.779 bits per heavy atom. The fourth-order valence-electron chi connectivity index (χ4n) is 11.0. The quantitative estimate of drug-likeness (QED) is 0.0635. The molecule has 15 heteroatoms. The van der Waals surface area contributed by atoms with Crippen molar-refractivity contribution in [1.29, 1.82) is 0 Å². The van der Waals surface area contributed by atoms with Crippen LogP contribution in [0.15, 0.2) is 96.1 Å². The third-order valence-electron chi connectivity index (χ3n) is 14.6. The van der Waals surface area contributed by atoms with Crippen LogP contribution >= 0.6 is 0 Å². The molecule has 3 fully saturated rings. The number of ether oxygens (including phenoxy) is 6. The van der Waals surface area contributed by atoms with Gasteiger partial charge in [0.05, 0.1) is 23.5 Å². The van der Waals surface area contributed by atoms with Crippen molar-refractivity contribution in [2.24, 2.45) is 16.7 Å². The highest BCUT2D eigenvalue weighted by atomic mass is 16.6. The number of rotatable bonds is 13. The number of carbonyl (C=O) groups is 7. The molecule has 9 atom stereocenters. The van der Waals surface area contributed by atoms with E-state index in [1.54, 1.807) is 75.4 Å². The standard InChI is InChI=1S/C53H59NO14/c1-10-54(11-2)38-24-22-36(23-25-38)44(59)35-20-17-34(18-21-35)19-26-42(58)66-40-27-41-52(29-63-41,68-33(6)57)46-48(67-49(61)37-15-13-12-14-16-37)53(62)28-39(64-31(4)55)30(3)43(50(53,7)8)45(65-32(5)56)47(60)51(40,46)9/h12-26,39-41,45-46,48,62H,10-11,27-29H2,1-9H3/b26-19+/t39-,40-,41+,45+,46-,48-,51+,52-,53+/m0/s1. The highest BCUT2D eigenvalue weighted by Crippen LogP contribution is 2.65. The van der Waals surface area contributed by atoms with Crippen LogP contribution in [0.5, 0.6) is 0 Å². The van der Waals surface area contributed by atoms with E-state index in [0.29, 0.717) is 22.3 Å². The van der Waals surface area contributed by atoms with Crippen LogP contribution in [0.4, 0.5) is 5.69 Å². The monoisotopic (exact) mass is 933 g/mol. The van der Waals surface area contributed by atoms with E-state index in [1.165, 1.54) is 39.0 Å². The summed E-state index contributed by atoms with van der Waals surface area (Å²) < 4.78 is 36.7. The molecule has 1 saturated heterocycles. The number of fused-ring (bicyclic) bond motifs is 5. The second-order valence-corrected chi connectivity index (χ2v) is 18.8. The van der Waals surface area contributed by atoms with Crippen molar-refractivity contribution in [3.05, 3.63) is 118 Å². The van der Waals surface area contributed by atoms with Gasteiger partial charge in [0.15, 0.2) is 23.3 Å². The minimum atomic E-state index is -2.28. The average Bonchev–Trinajstić information content (AvgIpc) is 3.29. The highest BCUT2D eigenvalue weighted by molar-refractivity contribution is 6.09. The molecular formula is C53H59NO14. The molecule has 1 aliphatic heterocycles. The Kier molecular flexibility index (Phi) is 13.8. The summed E-state index contributed by atoms with van der Waals surface area (Å²) in [6.07, 6.45) is -5.19. The summed E-state index contributed by atoms with van der Waals surface area (Å²) in [5.41, 5.74) is -4.70. The Balaban J connectivity index is 1.31. The zero-order valence-corrected chi connectivity index (χ0v) is 39.9. The van der Waals surface area contributed by atoms with Crippen LogP contribution in [0.2, 0.25) is 0 Å². The summed E-state index contributed by atoms with van der Waals surface area (Å²) in [6, 6.07) is 22.0. The van der Waals surface area contributed by atoms with Gasteiger partial charge in [-0.05, 0) is 86.9 Å². The predicted octanol–water partition coefficient (Wildman–Crippen LogP) is 6.56. The molecule has 7 rings (SSSR count). The molecule has 0 unspecified atom stereocenters. The number of hydrogen-bond donors (Lipinski definition) is 1. The van der Waals surface area contributed by atoms with Crippen LogP contribution < -0.4 is 4.90 Å². The van der Waals surface area contributed by atoms with Crippen LogP contribution in [0.25, 0.3) is 6.08 Å². The molecule has 15 nitrogen and oxygen atoms in total. The molecule has 1 heterocycles. The second-order valence-electron chi connectivity index (χ2n) is 18.8. The Hall–Kier alpha value is -6.45. The van der Waals surface area contributed by atoms with E-state index in [1.807, 2.05) is 12.1 Å². The van der Waals surface area contributed by atoms with Crippen LogP contribution in [0, 0.1) is 16.7 Å². The van der Waals surface area contributed by atoms with Gasteiger partial charge in [-0.3, -0.25) is 24.0 Å². The first kappa shape index (κ1) is 49.5. The normalized spacial score (nSPS) is 29.2. The van der Waals surface area contributed by atoms with Crippen LogP contribution in [0.3, 0.4) is 0 Å². The Morgan fingerprint density at radius 3 is 1.93 bits per heavy atom. The van der Waals surface area contributed by atoms with E-state index in [2.05, 4.69) is 18.7 Å². The third-order valence-corrected chi connectivity index (χ3v) is 14.6. The number of carbonyl (C=O) groups excluding carboxylic acids is 7. The topological polar surface area (TPSA) is 198 Å². The molecular weight excluding hydrogens is 875 g/mol. The van der Waals surface area contributed by atoms with Gasteiger partial charge in [-0.25, -0.2) is 9.59 Å². The SMILES string of the molecule is CCN(CC)c1ccc(C(=O)c2ccc(/C=C/C(=O)O[C@H]3C[C@H]4OC[C@@]4(OC(C)=O)[C@H]4[C@H](OC(=O)c5ccccc5)[C@]5(O)C[C@H](OC(C)=O)C(C)=C([C@@H](OC(C)=O)C(=O)[C@]34C)C5(C)C)cc2)cc1. The lowest BCUT2D eigenvalue weighted by molar-refractivity contribution is -0.346. The lowest BCUT2D eigenvalue weighted by atomic mass is 9.44. The summed E-state index contributed by atoms with van der Waals surface area (Å²) in [5.74, 6) is -6.69. The van der Waals surface area contributed by atoms with Gasteiger partial charge >= 0.3 is 29.8 Å². The molecule has 3 aromatic rings. The molecule has 2 saturated carbocycles. The van der Waals surface area contributed by atoms with Gasteiger partial charge in [0.25, 0.3) is 0 Å². The number of anilines is 1. The predicted molar refractivity (Wildman–Crippen MR) is 247 cm³/mol. The van der Waals surface area contributed by atoms with E-state index >= 15 is 4.79 Å². The fraction of sp³-hybridized carbons (Fsp3) is 0.453. The molecule has 360 valence electrons. The van der Waals surface area contributed by atoms with E-state index in [4.69, 9.17) is 28.4 Å². The number of benzene rings is 3. The zero-order valence-electron chi connectivity index (χ0n) is 39.9. The number of Topliss-reactive ketones (excluding diaryl/α,β-unsaturated/α-hetero) is 1. The number of esters is 5. The van der Waals surface area contributed by atoms with Crippen molar-refractivity contribution < 1.29 is 67.1 Å². The molecule has 2 bridgehead atoms. The van der Waals surface area contributed by atoms with Crippen molar-refractivity contribution >= 4 is 53.2 Å². The van der Waals surface area contributed by atoms with E-state index < -0.39 is 94.1 Å². The van der Waals surface area contributed by atoms with Gasteiger partial charge < -0.3 is 38.4 Å². The summed E-state index contributed by atoms with van der Waals surface area (Å²) in [4.78, 5) is 98.9. The first-order valence-electron chi connectivity index (χ1n) is 22.9. The maximum atomic E-state index is 15.9. The second kappa shape index (κ2) is 18.9. The molecule has 3 aliphatic carbocycles. The van der Waals surface area contributed by atoms with E-state index in [9.17, 15) is 33.9 Å². The molecule has 3 aromatic carbocycles. The number of aliphatic hydroxyl groups is 1. The first-order chi connectivity index (χ1) is 32.1. The largest absolute Gasteiger partial charge is 0.458 e. The van der Waals surface area contributed by atoms with E-state index in [0.717, 1.165) is 31.8 Å². The molecule has 0 spiro atoms. The lowest BCUT2D eigenvalue weighted by Crippen LogP contribution is -2.82. The van der Waals surface area contributed by atoms with Crippen molar-refractivity contribution in [3.8, 4) is 0 Å². The van der Waals surface area contributed by atoms with Crippen LogP contribution in [-0.4, -0.2) is 108 Å². The van der Waals surface area contributed by atoms with E-state index in [-0.39, 0.29) is 36.4 Å². The van der Waals surface area contributed by atoms with Gasteiger partial charge in [-0.2, -0.15) is 0 Å². The Labute approximate surface area is 395 Å². The van der Waals surface area contributed by atoms with Crippen LogP contribution in [0.1, 0.15) is 107 Å². The summed E-state index contributed by atoms with van der Waals surface area (Å²) in [6.45, 7) is 15.2. The summed E-state index contributed by atoms with van der Waals surface area (Å²) in [5, 5.41) is 13.6. The average molecular weight is 934 g/mol. The smallest absolute Gasteiger partial charge is 0.338 e. The molecule has 0 aromatic heterocycles. The fourth-order valence-corrected chi connectivity index (χ4v) is 11.0. The van der Waals surface area contributed by atoms with Crippen molar-refractivity contribution in [1.82, 2.24) is 0 Å². The number of ketones is 2. The van der Waals surface area contributed by atoms with Gasteiger partial charge in [0, 0.05) is 75.0 Å². The molecule has 0 radical (unpaired) electrons. The van der Waals surface area contributed by atoms with Crippen molar-refractivity contribution in [2.45, 2.75) is 117 Å². The molecule has 68 heavy (non-hydrogen) atoms. The van der Waals surface area contributed by atoms with Crippen molar-refractivity contribution in [2.75, 3.05) is 24.6 Å². The minimum absolute atomic E-state index is 0.0925. The zero-order chi connectivity index (χ0) is 49.5. The highest BCUT2D eigenvalue weighted by Gasteiger charge is 2.79. The maximum Gasteiger partial charge on any atom is 0.338 e. The van der Waals surface area contributed by atoms with Crippen LogP contribution in [-0.2, 0) is 52.4 Å². The molecule has 4 aliphatic rings. The molecule has 0 amide bonds. The number of nitrogens with zero attached hydrogens (tertiary/aromatic N) is 1. The Bertz CT molecular complexity index is 2540. The van der Waals surface area contributed by atoms with Crippen molar-refractivity contribution in [3.63, 3.8) is 0 Å². The first-order valence-corrected chi connectivity index (χ1v) is 22.9. The Morgan fingerprint density at radius 2 is 1.38 bits per heavy atom. The van der Waals surface area contributed by atoms with Gasteiger partial charge in [0.1, 0.15) is 30.0 Å². The minimum Gasteiger partial charge on any atom is -0.458 e. The maximum absolute atomic E-state index is 15.9. The summed E-state index contributed by atoms with van der Waals surface area (Å²) in [7, 11) is 0. The van der Waals surface area contributed by atoms with Gasteiger partial charge in [0.2, 0.25) is 0 Å². The van der Waals surface area contributed by atoms with Gasteiger partial charge in [-0.1, -0.05) is 56.3 Å². The number of hydrogen-bond acceptors (Lipinski definition) is 15. The lowest BCUT2D eigenvalue weighted by Gasteiger charge is -2.67. The third kappa shape index (κ3) is 8.66. The van der Waals surface area contributed by atoms with Gasteiger partial charge in [-0.15, -0.1) is 0 Å². The summed E-state index contributed by atoms with van der Waals surface area (Å²) >= 11 is 0.